The standard InChI is InChI=1S/C12H16N4O/c1-10(2)8-16(5-3-4-13)12(17)11-6-14-9-15-7-11/h6-7,9-10H,3,5,8H2,1-2H3. The van der Waals surface area contributed by atoms with Crippen molar-refractivity contribution >= 4 is 5.91 Å². The second-order valence-electron chi connectivity index (χ2n) is 4.18. The summed E-state index contributed by atoms with van der Waals surface area (Å²) in [6, 6.07) is 2.05. The fourth-order valence-corrected chi connectivity index (χ4v) is 1.49. The molecule has 17 heavy (non-hydrogen) atoms. The molecule has 0 aliphatic heterocycles. The zero-order chi connectivity index (χ0) is 12.7. The molecule has 0 aromatic carbocycles. The van der Waals surface area contributed by atoms with Crippen LogP contribution in [0.5, 0.6) is 0 Å². The Kier molecular flexibility index (Phi) is 5.08. The summed E-state index contributed by atoms with van der Waals surface area (Å²) in [5, 5.41) is 8.59. The van der Waals surface area contributed by atoms with Crippen LogP contribution in [0.1, 0.15) is 30.6 Å². The van der Waals surface area contributed by atoms with Crippen molar-refractivity contribution in [1.82, 2.24) is 14.9 Å². The van der Waals surface area contributed by atoms with Gasteiger partial charge in [0.15, 0.2) is 0 Å². The molecule has 1 heterocycles. The van der Waals surface area contributed by atoms with Crippen LogP contribution < -0.4 is 0 Å². The van der Waals surface area contributed by atoms with E-state index in [2.05, 4.69) is 16.0 Å². The molecule has 0 unspecified atom stereocenters. The lowest BCUT2D eigenvalue weighted by molar-refractivity contribution is 0.0739. The topological polar surface area (TPSA) is 69.9 Å². The van der Waals surface area contributed by atoms with E-state index in [1.165, 1.54) is 18.7 Å². The Hall–Kier alpha value is -1.96. The summed E-state index contributed by atoms with van der Waals surface area (Å²) < 4.78 is 0. The summed E-state index contributed by atoms with van der Waals surface area (Å²) in [6.07, 6.45) is 4.72. The first-order chi connectivity index (χ1) is 8.15. The third-order valence-corrected chi connectivity index (χ3v) is 2.17. The van der Waals surface area contributed by atoms with Gasteiger partial charge in [0.1, 0.15) is 6.33 Å². The second kappa shape index (κ2) is 6.59. The maximum absolute atomic E-state index is 12.1. The highest BCUT2D eigenvalue weighted by Crippen LogP contribution is 2.06. The van der Waals surface area contributed by atoms with E-state index in [9.17, 15) is 4.79 Å². The predicted molar refractivity (Wildman–Crippen MR) is 63.0 cm³/mol. The first kappa shape index (κ1) is 13.1. The van der Waals surface area contributed by atoms with Gasteiger partial charge in [0.05, 0.1) is 18.1 Å². The van der Waals surface area contributed by atoms with Crippen LogP contribution in [0, 0.1) is 17.2 Å². The zero-order valence-electron chi connectivity index (χ0n) is 10.1. The van der Waals surface area contributed by atoms with Crippen LogP contribution in [-0.2, 0) is 0 Å². The molecule has 1 aromatic heterocycles. The summed E-state index contributed by atoms with van der Waals surface area (Å²) in [4.78, 5) is 21.4. The molecule has 0 radical (unpaired) electrons. The molecule has 0 aliphatic rings. The van der Waals surface area contributed by atoms with Crippen molar-refractivity contribution < 1.29 is 4.79 Å². The minimum Gasteiger partial charge on any atom is -0.337 e. The van der Waals surface area contributed by atoms with Gasteiger partial charge < -0.3 is 4.90 Å². The molecule has 90 valence electrons. The quantitative estimate of drug-likeness (QED) is 0.771. The second-order valence-corrected chi connectivity index (χ2v) is 4.18. The molecule has 5 heteroatoms. The summed E-state index contributed by atoms with van der Waals surface area (Å²) in [5.74, 6) is 0.247. The Morgan fingerprint density at radius 2 is 2.12 bits per heavy atom. The molecule has 0 atom stereocenters. The molecular weight excluding hydrogens is 216 g/mol. The average Bonchev–Trinajstić information content (AvgIpc) is 2.34. The van der Waals surface area contributed by atoms with Crippen LogP contribution in [0.4, 0.5) is 0 Å². The Balaban J connectivity index is 2.76. The van der Waals surface area contributed by atoms with Gasteiger partial charge in [-0.3, -0.25) is 4.79 Å². The number of hydrogen-bond acceptors (Lipinski definition) is 4. The molecule has 0 bridgehead atoms. The highest BCUT2D eigenvalue weighted by atomic mass is 16.2. The van der Waals surface area contributed by atoms with Crippen molar-refractivity contribution in [3.05, 3.63) is 24.3 Å². The fourth-order valence-electron chi connectivity index (χ4n) is 1.49. The minimum atomic E-state index is -0.116. The molecular formula is C12H16N4O. The lowest BCUT2D eigenvalue weighted by Gasteiger charge is -2.23. The van der Waals surface area contributed by atoms with Gasteiger partial charge in [-0.25, -0.2) is 9.97 Å². The summed E-state index contributed by atoms with van der Waals surface area (Å²) in [6.45, 7) is 5.15. The van der Waals surface area contributed by atoms with Crippen molar-refractivity contribution in [2.45, 2.75) is 20.3 Å². The normalized spacial score (nSPS) is 10.0. The molecule has 0 saturated carbocycles. The SMILES string of the molecule is CC(C)CN(CCC#N)C(=O)c1cncnc1. The summed E-state index contributed by atoms with van der Waals surface area (Å²) in [7, 11) is 0. The van der Waals surface area contributed by atoms with Crippen LogP contribution in [0.15, 0.2) is 18.7 Å². The van der Waals surface area contributed by atoms with E-state index < -0.39 is 0 Å². The van der Waals surface area contributed by atoms with Crippen LogP contribution in [0.3, 0.4) is 0 Å². The van der Waals surface area contributed by atoms with Crippen molar-refractivity contribution in [2.24, 2.45) is 5.92 Å². The fraction of sp³-hybridized carbons (Fsp3) is 0.500. The van der Waals surface area contributed by atoms with Gasteiger partial charge in [0.25, 0.3) is 5.91 Å². The maximum atomic E-state index is 12.1. The molecule has 0 saturated heterocycles. The Morgan fingerprint density at radius 1 is 1.47 bits per heavy atom. The Morgan fingerprint density at radius 3 is 2.65 bits per heavy atom. The molecule has 5 nitrogen and oxygen atoms in total. The van der Waals surface area contributed by atoms with E-state index in [1.54, 1.807) is 4.90 Å². The largest absolute Gasteiger partial charge is 0.337 e. The van der Waals surface area contributed by atoms with E-state index in [0.29, 0.717) is 31.0 Å². The number of nitrogens with zero attached hydrogens (tertiary/aromatic N) is 4. The van der Waals surface area contributed by atoms with Gasteiger partial charge >= 0.3 is 0 Å². The van der Waals surface area contributed by atoms with Crippen molar-refractivity contribution in [3.63, 3.8) is 0 Å². The molecule has 1 aromatic rings. The number of nitriles is 1. The molecule has 1 amide bonds. The maximum Gasteiger partial charge on any atom is 0.257 e. The Labute approximate surface area is 101 Å². The number of carbonyl (C=O) groups is 1. The van der Waals surface area contributed by atoms with E-state index in [0.717, 1.165) is 0 Å². The van der Waals surface area contributed by atoms with E-state index >= 15 is 0 Å². The van der Waals surface area contributed by atoms with Gasteiger partial charge in [-0.2, -0.15) is 5.26 Å². The van der Waals surface area contributed by atoms with Crippen LogP contribution >= 0.6 is 0 Å². The van der Waals surface area contributed by atoms with Gasteiger partial charge in [-0.05, 0) is 5.92 Å². The van der Waals surface area contributed by atoms with Crippen LogP contribution in [0.25, 0.3) is 0 Å². The van der Waals surface area contributed by atoms with Crippen LogP contribution in [0.2, 0.25) is 0 Å². The highest BCUT2D eigenvalue weighted by Gasteiger charge is 2.16. The Bertz CT molecular complexity index is 397. The predicted octanol–water partition coefficient (Wildman–Crippen LogP) is 1.49. The first-order valence-electron chi connectivity index (χ1n) is 5.56. The molecule has 0 fully saturated rings. The van der Waals surface area contributed by atoms with Crippen molar-refractivity contribution in [3.8, 4) is 6.07 Å². The molecule has 1 rings (SSSR count). The number of hydrogen-bond donors (Lipinski definition) is 0. The van der Waals surface area contributed by atoms with E-state index in [1.807, 2.05) is 13.8 Å². The average molecular weight is 232 g/mol. The lowest BCUT2D eigenvalue weighted by Crippen LogP contribution is -2.35. The molecule has 0 aliphatic carbocycles. The smallest absolute Gasteiger partial charge is 0.257 e. The van der Waals surface area contributed by atoms with E-state index in [4.69, 9.17) is 5.26 Å². The first-order valence-corrected chi connectivity index (χ1v) is 5.56. The van der Waals surface area contributed by atoms with E-state index in [-0.39, 0.29) is 5.91 Å². The number of amides is 1. The summed E-state index contributed by atoms with van der Waals surface area (Å²) >= 11 is 0. The van der Waals surface area contributed by atoms with Gasteiger partial charge in [0, 0.05) is 25.5 Å². The third kappa shape index (κ3) is 4.19. The van der Waals surface area contributed by atoms with Crippen molar-refractivity contribution in [1.29, 1.82) is 5.26 Å². The van der Waals surface area contributed by atoms with Gasteiger partial charge in [-0.15, -0.1) is 0 Å². The number of rotatable bonds is 5. The minimum absolute atomic E-state index is 0.116. The molecule has 0 spiro atoms. The monoisotopic (exact) mass is 232 g/mol. The third-order valence-electron chi connectivity index (χ3n) is 2.17. The van der Waals surface area contributed by atoms with Gasteiger partial charge in [0.2, 0.25) is 0 Å². The number of carbonyl (C=O) groups excluding carboxylic acids is 1. The van der Waals surface area contributed by atoms with Crippen molar-refractivity contribution in [2.75, 3.05) is 13.1 Å². The lowest BCUT2D eigenvalue weighted by atomic mass is 10.2. The summed E-state index contributed by atoms with van der Waals surface area (Å²) in [5.41, 5.74) is 0.464. The van der Waals surface area contributed by atoms with Crippen LogP contribution in [-0.4, -0.2) is 33.9 Å². The number of aromatic nitrogens is 2. The van der Waals surface area contributed by atoms with Gasteiger partial charge in [-0.1, -0.05) is 13.8 Å². The zero-order valence-corrected chi connectivity index (χ0v) is 10.1. The molecule has 0 N–H and O–H groups in total. The highest BCUT2D eigenvalue weighted by molar-refractivity contribution is 5.93.